The first kappa shape index (κ1) is 31.4. The molecule has 12 heteroatoms. The Labute approximate surface area is 266 Å². The number of nitrogens with zero attached hydrogens (tertiary/aromatic N) is 5. The van der Waals surface area contributed by atoms with Crippen molar-refractivity contribution in [3.05, 3.63) is 64.1 Å². The van der Waals surface area contributed by atoms with Crippen LogP contribution in [0.5, 0.6) is 5.75 Å². The molecule has 2 fully saturated rings. The summed E-state index contributed by atoms with van der Waals surface area (Å²) in [5.74, 6) is -0.958. The summed E-state index contributed by atoms with van der Waals surface area (Å²) >= 11 is 6.87. The van der Waals surface area contributed by atoms with Crippen molar-refractivity contribution in [1.82, 2.24) is 19.4 Å². The van der Waals surface area contributed by atoms with Gasteiger partial charge in [-0.15, -0.1) is 0 Å². The largest absolute Gasteiger partial charge is 0.488 e. The van der Waals surface area contributed by atoms with Crippen LogP contribution in [0, 0.1) is 11.6 Å². The van der Waals surface area contributed by atoms with Crippen LogP contribution in [0.25, 0.3) is 22.0 Å². The molecule has 0 aliphatic carbocycles. The molecule has 3 aliphatic heterocycles. The first-order valence-corrected chi connectivity index (χ1v) is 15.9. The topological polar surface area (TPSA) is 80.1 Å². The maximum absolute atomic E-state index is 15.2. The number of hydrogen-bond acceptors (Lipinski definition) is 7. The van der Waals surface area contributed by atoms with Gasteiger partial charge in [-0.1, -0.05) is 25.1 Å². The van der Waals surface area contributed by atoms with Crippen molar-refractivity contribution in [1.29, 1.82) is 0 Å². The highest BCUT2D eigenvalue weighted by atomic mass is 35.5. The van der Waals surface area contributed by atoms with Crippen molar-refractivity contribution >= 4 is 34.2 Å². The standard InChI is InChI=1S/C33H38ClF2N5O4/c1-5-28(42)39-14-20(4)40(15-19(39)3)32-25-13-26(34)29(24-10-9-21(35)12-27(24)36)31-30(25)41(33(43)37-32)22(18-45-31)8-7-11-38(6-2)23-16-44-17-23/h5,9-10,12-13,19-20,22-23H,1,6-8,11,14-18H2,2-4H3/t19-,20+,22-/m1/s1. The van der Waals surface area contributed by atoms with E-state index >= 15 is 4.39 Å². The monoisotopic (exact) mass is 641 g/mol. The SMILES string of the molecule is C=CC(=O)N1C[C@H](C)N(c2nc(=O)n3c4c(c(-c5ccc(F)cc5F)c(Cl)cc24)OC[C@H]3CCCN(CC)C2COC2)C[C@H]1C. The Hall–Kier alpha value is -3.54. The molecule has 6 rings (SSSR count). The molecule has 3 atom stereocenters. The molecule has 3 aromatic rings. The highest BCUT2D eigenvalue weighted by Crippen LogP contribution is 2.47. The van der Waals surface area contributed by atoms with Crippen LogP contribution in [0.2, 0.25) is 5.02 Å². The maximum Gasteiger partial charge on any atom is 0.350 e. The Morgan fingerprint density at radius 2 is 1.96 bits per heavy atom. The van der Waals surface area contributed by atoms with E-state index in [4.69, 9.17) is 21.1 Å². The van der Waals surface area contributed by atoms with Crippen molar-refractivity contribution < 1.29 is 23.0 Å². The number of aromatic nitrogens is 2. The van der Waals surface area contributed by atoms with Crippen LogP contribution < -0.4 is 15.3 Å². The van der Waals surface area contributed by atoms with Crippen LogP contribution in [0.15, 0.2) is 41.7 Å². The van der Waals surface area contributed by atoms with Gasteiger partial charge in [0.25, 0.3) is 0 Å². The number of halogens is 3. The Morgan fingerprint density at radius 1 is 1.18 bits per heavy atom. The fourth-order valence-corrected chi connectivity index (χ4v) is 7.14. The van der Waals surface area contributed by atoms with Crippen molar-refractivity contribution in [3.8, 4) is 16.9 Å². The fourth-order valence-electron chi connectivity index (χ4n) is 6.84. The van der Waals surface area contributed by atoms with Crippen LogP contribution in [-0.4, -0.2) is 89.4 Å². The third-order valence-electron chi connectivity index (χ3n) is 9.32. The highest BCUT2D eigenvalue weighted by Gasteiger charge is 2.36. The molecule has 240 valence electrons. The molecular weight excluding hydrogens is 604 g/mol. The Bertz CT molecular complexity index is 1700. The smallest absolute Gasteiger partial charge is 0.350 e. The first-order chi connectivity index (χ1) is 21.6. The second-order valence-electron chi connectivity index (χ2n) is 12.1. The van der Waals surface area contributed by atoms with Crippen molar-refractivity contribution in [3.63, 3.8) is 0 Å². The summed E-state index contributed by atoms with van der Waals surface area (Å²) in [4.78, 5) is 37.3. The van der Waals surface area contributed by atoms with E-state index in [0.29, 0.717) is 42.3 Å². The molecule has 9 nitrogen and oxygen atoms in total. The molecule has 1 amide bonds. The van der Waals surface area contributed by atoms with Gasteiger partial charge in [0.2, 0.25) is 5.91 Å². The Morgan fingerprint density at radius 3 is 2.62 bits per heavy atom. The average molecular weight is 642 g/mol. The second-order valence-corrected chi connectivity index (χ2v) is 12.6. The summed E-state index contributed by atoms with van der Waals surface area (Å²) in [6.45, 7) is 13.9. The van der Waals surface area contributed by atoms with Gasteiger partial charge in [0.15, 0.2) is 5.75 Å². The first-order valence-electron chi connectivity index (χ1n) is 15.5. The van der Waals surface area contributed by atoms with E-state index in [2.05, 4.69) is 23.4 Å². The lowest BCUT2D eigenvalue weighted by Gasteiger charge is -2.45. The molecule has 2 aromatic carbocycles. The van der Waals surface area contributed by atoms with E-state index in [-0.39, 0.29) is 52.5 Å². The van der Waals surface area contributed by atoms with E-state index < -0.39 is 17.3 Å². The summed E-state index contributed by atoms with van der Waals surface area (Å²) in [7, 11) is 0. The molecular formula is C33H38ClF2N5O4. The average Bonchev–Trinajstić information content (AvgIpc) is 2.98. The maximum atomic E-state index is 15.2. The van der Waals surface area contributed by atoms with Gasteiger partial charge >= 0.3 is 5.69 Å². The molecule has 0 N–H and O–H groups in total. The van der Waals surface area contributed by atoms with E-state index in [1.807, 2.05) is 18.7 Å². The molecule has 45 heavy (non-hydrogen) atoms. The molecule has 1 aromatic heterocycles. The van der Waals surface area contributed by atoms with Crippen LogP contribution in [0.1, 0.15) is 39.7 Å². The highest BCUT2D eigenvalue weighted by molar-refractivity contribution is 6.35. The zero-order chi connectivity index (χ0) is 32.0. The van der Waals surface area contributed by atoms with Crippen molar-refractivity contribution in [2.45, 2.75) is 57.8 Å². The molecule has 0 radical (unpaired) electrons. The zero-order valence-electron chi connectivity index (χ0n) is 25.8. The lowest BCUT2D eigenvalue weighted by atomic mass is 9.98. The van der Waals surface area contributed by atoms with E-state index in [1.54, 1.807) is 15.5 Å². The third kappa shape index (κ3) is 5.70. The number of carbonyl (C=O) groups is 1. The molecule has 3 aliphatic rings. The normalized spacial score (nSPS) is 21.6. The van der Waals surface area contributed by atoms with Gasteiger partial charge in [0, 0.05) is 47.8 Å². The van der Waals surface area contributed by atoms with Crippen LogP contribution in [0.4, 0.5) is 14.6 Å². The molecule has 0 spiro atoms. The van der Waals surface area contributed by atoms with Crippen LogP contribution in [0.3, 0.4) is 0 Å². The summed E-state index contributed by atoms with van der Waals surface area (Å²) in [5, 5.41) is 0.784. The summed E-state index contributed by atoms with van der Waals surface area (Å²) in [5.41, 5.74) is 0.377. The van der Waals surface area contributed by atoms with Gasteiger partial charge in [0.05, 0.1) is 35.8 Å². The number of piperazine rings is 1. The number of anilines is 1. The third-order valence-corrected chi connectivity index (χ3v) is 9.62. The Kier molecular flexibility index (Phi) is 8.87. The quantitative estimate of drug-likeness (QED) is 0.303. The van der Waals surface area contributed by atoms with Gasteiger partial charge in [0.1, 0.15) is 24.1 Å². The minimum Gasteiger partial charge on any atom is -0.488 e. The number of rotatable bonds is 9. The van der Waals surface area contributed by atoms with Gasteiger partial charge in [-0.05, 0) is 64.1 Å². The number of amides is 1. The number of carbonyl (C=O) groups excluding carboxylic acids is 1. The predicted octanol–water partition coefficient (Wildman–Crippen LogP) is 5.04. The molecule has 0 saturated carbocycles. The Balaban J connectivity index is 1.46. The number of ether oxygens (including phenoxy) is 2. The lowest BCUT2D eigenvalue weighted by Crippen LogP contribution is -2.58. The van der Waals surface area contributed by atoms with Gasteiger partial charge in [-0.25, -0.2) is 13.6 Å². The molecule has 0 unspecified atom stereocenters. The number of hydrogen-bond donors (Lipinski definition) is 0. The van der Waals surface area contributed by atoms with Gasteiger partial charge in [-0.3, -0.25) is 14.3 Å². The van der Waals surface area contributed by atoms with Gasteiger partial charge in [-0.2, -0.15) is 4.98 Å². The van der Waals surface area contributed by atoms with Gasteiger partial charge < -0.3 is 19.3 Å². The van der Waals surface area contributed by atoms with Crippen LogP contribution in [-0.2, 0) is 9.53 Å². The summed E-state index contributed by atoms with van der Waals surface area (Å²) in [6, 6.07) is 4.75. The molecule has 0 bridgehead atoms. The van der Waals surface area contributed by atoms with E-state index in [0.717, 1.165) is 38.8 Å². The van der Waals surface area contributed by atoms with E-state index in [1.165, 1.54) is 18.2 Å². The van der Waals surface area contributed by atoms with Crippen LogP contribution >= 0.6 is 11.6 Å². The lowest BCUT2D eigenvalue weighted by molar-refractivity contribution is -0.128. The molecule has 4 heterocycles. The number of likely N-dealkylation sites (N-methyl/N-ethyl adjacent to an activating group) is 1. The van der Waals surface area contributed by atoms with Crippen molar-refractivity contribution in [2.75, 3.05) is 50.9 Å². The van der Waals surface area contributed by atoms with Crippen molar-refractivity contribution in [2.24, 2.45) is 0 Å². The predicted molar refractivity (Wildman–Crippen MR) is 170 cm³/mol. The minimum absolute atomic E-state index is 0.0777. The van der Waals surface area contributed by atoms with E-state index in [9.17, 15) is 14.0 Å². The summed E-state index contributed by atoms with van der Waals surface area (Å²) < 4.78 is 42.5. The number of benzene rings is 2. The zero-order valence-corrected chi connectivity index (χ0v) is 26.5. The fraction of sp³-hybridized carbons (Fsp3) is 0.485. The minimum atomic E-state index is -0.786. The second kappa shape index (κ2) is 12.7. The molecule has 2 saturated heterocycles. The summed E-state index contributed by atoms with van der Waals surface area (Å²) in [6.07, 6.45) is 2.79.